The largest absolute Gasteiger partial charge is 0.357 e. The molecule has 2 amide bonds. The van der Waals surface area contributed by atoms with E-state index in [0.717, 1.165) is 27.8 Å². The van der Waals surface area contributed by atoms with E-state index in [1.54, 1.807) is 11.9 Å². The van der Waals surface area contributed by atoms with Crippen LogP contribution in [0.3, 0.4) is 0 Å². The second-order valence-electron chi connectivity index (χ2n) is 7.99. The molecule has 0 saturated heterocycles. The fourth-order valence-corrected chi connectivity index (χ4v) is 3.59. The second kappa shape index (κ2) is 10.6. The standard InChI is InChI=1S/C27H30N2O2/c1-20-9-13-23(14-10-20)18-26(30)29(19-24-15-11-21(2)12-16-24)25(27(31)28-3)17-22-7-5-4-6-8-22/h4-16,25H,17-19H2,1-3H3,(H,28,31)/t25-/m0/s1. The van der Waals surface area contributed by atoms with Gasteiger partial charge in [0.05, 0.1) is 6.42 Å². The predicted octanol–water partition coefficient (Wildman–Crippen LogP) is 4.23. The predicted molar refractivity (Wildman–Crippen MR) is 125 cm³/mol. The van der Waals surface area contributed by atoms with E-state index >= 15 is 0 Å². The van der Waals surface area contributed by atoms with Crippen molar-refractivity contribution in [2.75, 3.05) is 7.05 Å². The fraction of sp³-hybridized carbons (Fsp3) is 0.259. The van der Waals surface area contributed by atoms with Crippen molar-refractivity contribution in [3.05, 3.63) is 107 Å². The van der Waals surface area contributed by atoms with Gasteiger partial charge in [0.2, 0.25) is 11.8 Å². The molecular formula is C27H30N2O2. The first-order valence-electron chi connectivity index (χ1n) is 10.6. The fourth-order valence-electron chi connectivity index (χ4n) is 3.59. The summed E-state index contributed by atoms with van der Waals surface area (Å²) in [4.78, 5) is 28.1. The molecule has 31 heavy (non-hydrogen) atoms. The molecule has 3 aromatic carbocycles. The molecule has 1 N–H and O–H groups in total. The molecule has 3 rings (SSSR count). The van der Waals surface area contributed by atoms with Gasteiger partial charge in [0, 0.05) is 20.0 Å². The zero-order valence-electron chi connectivity index (χ0n) is 18.5. The van der Waals surface area contributed by atoms with E-state index in [2.05, 4.69) is 5.32 Å². The van der Waals surface area contributed by atoms with Crippen LogP contribution in [0.1, 0.15) is 27.8 Å². The monoisotopic (exact) mass is 414 g/mol. The summed E-state index contributed by atoms with van der Waals surface area (Å²) < 4.78 is 0. The zero-order valence-corrected chi connectivity index (χ0v) is 18.5. The van der Waals surface area contributed by atoms with Gasteiger partial charge < -0.3 is 10.2 Å². The highest BCUT2D eigenvalue weighted by Gasteiger charge is 2.29. The third-order valence-electron chi connectivity index (χ3n) is 5.47. The molecule has 0 unspecified atom stereocenters. The van der Waals surface area contributed by atoms with E-state index in [-0.39, 0.29) is 18.2 Å². The van der Waals surface area contributed by atoms with Gasteiger partial charge in [-0.05, 0) is 30.5 Å². The lowest BCUT2D eigenvalue weighted by atomic mass is 10.0. The van der Waals surface area contributed by atoms with Crippen molar-refractivity contribution in [3.63, 3.8) is 0 Å². The van der Waals surface area contributed by atoms with E-state index in [9.17, 15) is 9.59 Å². The number of hydrogen-bond donors (Lipinski definition) is 1. The molecule has 0 heterocycles. The Morgan fingerprint density at radius 2 is 1.32 bits per heavy atom. The Morgan fingerprint density at radius 3 is 1.87 bits per heavy atom. The van der Waals surface area contributed by atoms with Crippen LogP contribution in [0, 0.1) is 13.8 Å². The van der Waals surface area contributed by atoms with Gasteiger partial charge in [-0.15, -0.1) is 0 Å². The molecule has 0 aliphatic rings. The van der Waals surface area contributed by atoms with Gasteiger partial charge in [-0.3, -0.25) is 9.59 Å². The summed E-state index contributed by atoms with van der Waals surface area (Å²) in [5.74, 6) is -0.220. The molecule has 0 aliphatic heterocycles. The number of amides is 2. The van der Waals surface area contributed by atoms with E-state index < -0.39 is 6.04 Å². The highest BCUT2D eigenvalue weighted by Crippen LogP contribution is 2.17. The van der Waals surface area contributed by atoms with Crippen molar-refractivity contribution >= 4 is 11.8 Å². The van der Waals surface area contributed by atoms with E-state index in [1.807, 2.05) is 92.7 Å². The highest BCUT2D eigenvalue weighted by atomic mass is 16.2. The molecule has 0 saturated carbocycles. The number of carbonyl (C=O) groups is 2. The van der Waals surface area contributed by atoms with Crippen molar-refractivity contribution in [1.29, 1.82) is 0 Å². The van der Waals surface area contributed by atoms with Gasteiger partial charge in [0.1, 0.15) is 6.04 Å². The van der Waals surface area contributed by atoms with Crippen LogP contribution in [0.15, 0.2) is 78.9 Å². The van der Waals surface area contributed by atoms with Crippen LogP contribution in [0.4, 0.5) is 0 Å². The lowest BCUT2D eigenvalue weighted by molar-refractivity contribution is -0.140. The Kier molecular flexibility index (Phi) is 7.60. The Hall–Kier alpha value is -3.40. The number of carbonyl (C=O) groups excluding carboxylic acids is 2. The summed E-state index contributed by atoms with van der Waals surface area (Å²) in [6, 6.07) is 25.3. The molecule has 4 nitrogen and oxygen atoms in total. The van der Waals surface area contributed by atoms with Crippen LogP contribution in [0.2, 0.25) is 0 Å². The summed E-state index contributed by atoms with van der Waals surface area (Å²) in [7, 11) is 1.62. The van der Waals surface area contributed by atoms with Gasteiger partial charge in [0.25, 0.3) is 0 Å². The quantitative estimate of drug-likeness (QED) is 0.600. The molecule has 1 atom stereocenters. The number of likely N-dealkylation sites (N-methyl/N-ethyl adjacent to an activating group) is 1. The van der Waals surface area contributed by atoms with Crippen LogP contribution in [0.25, 0.3) is 0 Å². The molecule has 0 radical (unpaired) electrons. The van der Waals surface area contributed by atoms with Gasteiger partial charge in [-0.1, -0.05) is 90.0 Å². The third kappa shape index (κ3) is 6.29. The number of hydrogen-bond acceptors (Lipinski definition) is 2. The third-order valence-corrected chi connectivity index (χ3v) is 5.47. The van der Waals surface area contributed by atoms with Crippen LogP contribution >= 0.6 is 0 Å². The number of benzene rings is 3. The molecule has 0 spiro atoms. The van der Waals surface area contributed by atoms with Gasteiger partial charge in [0.15, 0.2) is 0 Å². The minimum atomic E-state index is -0.591. The molecule has 0 aromatic heterocycles. The maximum atomic E-state index is 13.5. The first-order chi connectivity index (χ1) is 15.0. The average Bonchev–Trinajstić information content (AvgIpc) is 2.79. The van der Waals surface area contributed by atoms with Crippen LogP contribution in [-0.2, 0) is 29.0 Å². The topological polar surface area (TPSA) is 49.4 Å². The highest BCUT2D eigenvalue weighted by molar-refractivity contribution is 5.88. The van der Waals surface area contributed by atoms with Crippen molar-refractivity contribution < 1.29 is 9.59 Å². The van der Waals surface area contributed by atoms with Crippen molar-refractivity contribution in [1.82, 2.24) is 10.2 Å². The van der Waals surface area contributed by atoms with Gasteiger partial charge in [-0.2, -0.15) is 0 Å². The number of rotatable bonds is 8. The molecule has 0 bridgehead atoms. The van der Waals surface area contributed by atoms with Crippen molar-refractivity contribution in [3.8, 4) is 0 Å². The maximum Gasteiger partial charge on any atom is 0.242 e. The molecule has 160 valence electrons. The smallest absolute Gasteiger partial charge is 0.242 e. The average molecular weight is 415 g/mol. The van der Waals surface area contributed by atoms with Crippen molar-refractivity contribution in [2.45, 2.75) is 39.3 Å². The summed E-state index contributed by atoms with van der Waals surface area (Å²) in [6.45, 7) is 4.44. The van der Waals surface area contributed by atoms with Crippen LogP contribution < -0.4 is 5.32 Å². The Bertz CT molecular complexity index is 996. The number of nitrogens with zero attached hydrogens (tertiary/aromatic N) is 1. The molecule has 0 fully saturated rings. The van der Waals surface area contributed by atoms with E-state index in [4.69, 9.17) is 0 Å². The van der Waals surface area contributed by atoms with E-state index in [1.165, 1.54) is 0 Å². The number of aryl methyl sites for hydroxylation is 2. The van der Waals surface area contributed by atoms with E-state index in [0.29, 0.717) is 13.0 Å². The summed E-state index contributed by atoms with van der Waals surface area (Å²) in [6.07, 6.45) is 0.723. The van der Waals surface area contributed by atoms with Crippen LogP contribution in [-0.4, -0.2) is 29.8 Å². The van der Waals surface area contributed by atoms with Gasteiger partial charge >= 0.3 is 0 Å². The lowest BCUT2D eigenvalue weighted by Gasteiger charge is -2.31. The molecule has 0 aliphatic carbocycles. The number of nitrogens with one attached hydrogen (secondary N) is 1. The maximum absolute atomic E-state index is 13.5. The van der Waals surface area contributed by atoms with Gasteiger partial charge in [-0.25, -0.2) is 0 Å². The summed E-state index contributed by atoms with van der Waals surface area (Å²) in [5.41, 5.74) is 5.28. The normalized spacial score (nSPS) is 11.6. The first kappa shape index (κ1) is 22.3. The van der Waals surface area contributed by atoms with Crippen molar-refractivity contribution in [2.24, 2.45) is 0 Å². The summed E-state index contributed by atoms with van der Waals surface area (Å²) in [5, 5.41) is 2.75. The Balaban J connectivity index is 1.92. The second-order valence-corrected chi connectivity index (χ2v) is 7.99. The minimum absolute atomic E-state index is 0.0611. The van der Waals surface area contributed by atoms with Crippen LogP contribution in [0.5, 0.6) is 0 Å². The summed E-state index contributed by atoms with van der Waals surface area (Å²) >= 11 is 0. The molecular weight excluding hydrogens is 384 g/mol. The first-order valence-corrected chi connectivity index (χ1v) is 10.6. The molecule has 3 aromatic rings. The zero-order chi connectivity index (χ0) is 22.2. The SMILES string of the molecule is CNC(=O)[C@H](Cc1ccccc1)N(Cc1ccc(C)cc1)C(=O)Cc1ccc(C)cc1. The molecule has 4 heteroatoms. The Labute approximate surface area is 184 Å². The minimum Gasteiger partial charge on any atom is -0.357 e. The Morgan fingerprint density at radius 1 is 0.774 bits per heavy atom. The lowest BCUT2D eigenvalue weighted by Crippen LogP contribution is -2.50.